The Labute approximate surface area is 156 Å². The van der Waals surface area contributed by atoms with Crippen LogP contribution in [0.25, 0.3) is 0 Å². The highest BCUT2D eigenvalue weighted by Crippen LogP contribution is 2.16. The molecule has 1 aromatic rings. The van der Waals surface area contributed by atoms with Gasteiger partial charge in [-0.1, -0.05) is 0 Å². The zero-order valence-corrected chi connectivity index (χ0v) is 15.7. The van der Waals surface area contributed by atoms with Gasteiger partial charge in [0, 0.05) is 12.1 Å². The second-order valence-electron chi connectivity index (χ2n) is 5.89. The standard InChI is InChI=1S/C17H26F2N2O.2ClH/c1-20-14-7-10-21(11-8-14)9-3-2-4-12-22-15-5-6-16(18)17(19)13-15;;/h5-6,13-14,20H,2-4,7-12H2,1H3;2*1H. The van der Waals surface area contributed by atoms with E-state index in [4.69, 9.17) is 4.74 Å². The summed E-state index contributed by atoms with van der Waals surface area (Å²) in [7, 11) is 2.04. The molecule has 0 spiro atoms. The maximum absolute atomic E-state index is 13.0. The zero-order chi connectivity index (χ0) is 15.8. The Morgan fingerprint density at radius 2 is 1.79 bits per heavy atom. The van der Waals surface area contributed by atoms with Gasteiger partial charge in [-0.25, -0.2) is 8.78 Å². The van der Waals surface area contributed by atoms with Gasteiger partial charge in [0.1, 0.15) is 5.75 Å². The van der Waals surface area contributed by atoms with Crippen molar-refractivity contribution in [2.75, 3.05) is 33.3 Å². The average Bonchev–Trinajstić information content (AvgIpc) is 2.54. The summed E-state index contributed by atoms with van der Waals surface area (Å²) < 4.78 is 31.2. The van der Waals surface area contributed by atoms with Crippen molar-refractivity contribution in [2.45, 2.75) is 38.1 Å². The van der Waals surface area contributed by atoms with E-state index in [1.807, 2.05) is 7.05 Å². The fourth-order valence-corrected chi connectivity index (χ4v) is 2.82. The summed E-state index contributed by atoms with van der Waals surface area (Å²) in [6, 6.07) is 4.34. The van der Waals surface area contributed by atoms with E-state index < -0.39 is 11.6 Å². The predicted molar refractivity (Wildman–Crippen MR) is 98.7 cm³/mol. The first kappa shape index (κ1) is 23.4. The summed E-state index contributed by atoms with van der Waals surface area (Å²) in [6.07, 6.45) is 5.65. The largest absolute Gasteiger partial charge is 0.493 e. The number of hydrogen-bond donors (Lipinski definition) is 1. The second-order valence-corrected chi connectivity index (χ2v) is 5.89. The molecule has 0 aliphatic carbocycles. The lowest BCUT2D eigenvalue weighted by atomic mass is 10.1. The summed E-state index contributed by atoms with van der Waals surface area (Å²) in [6.45, 7) is 4.04. The Hall–Kier alpha value is -0.620. The van der Waals surface area contributed by atoms with Gasteiger partial charge in [0.15, 0.2) is 11.6 Å². The van der Waals surface area contributed by atoms with Crippen molar-refractivity contribution in [3.8, 4) is 5.75 Å². The van der Waals surface area contributed by atoms with E-state index in [1.165, 1.54) is 32.0 Å². The van der Waals surface area contributed by atoms with E-state index in [2.05, 4.69) is 10.2 Å². The molecule has 1 heterocycles. The number of halogens is 4. The molecule has 24 heavy (non-hydrogen) atoms. The number of unbranched alkanes of at least 4 members (excludes halogenated alkanes) is 2. The van der Waals surface area contributed by atoms with Gasteiger partial charge < -0.3 is 15.0 Å². The Morgan fingerprint density at radius 1 is 1.08 bits per heavy atom. The minimum atomic E-state index is -0.859. The maximum Gasteiger partial charge on any atom is 0.162 e. The monoisotopic (exact) mass is 384 g/mol. The van der Waals surface area contributed by atoms with Crippen molar-refractivity contribution in [1.82, 2.24) is 10.2 Å². The summed E-state index contributed by atoms with van der Waals surface area (Å²) in [5.41, 5.74) is 0. The highest BCUT2D eigenvalue weighted by atomic mass is 35.5. The van der Waals surface area contributed by atoms with Crippen molar-refractivity contribution in [3.63, 3.8) is 0 Å². The second kappa shape index (κ2) is 12.7. The molecule has 1 aliphatic rings. The van der Waals surface area contributed by atoms with Crippen LogP contribution < -0.4 is 10.1 Å². The third kappa shape index (κ3) is 7.97. The lowest BCUT2D eigenvalue weighted by Gasteiger charge is -2.31. The van der Waals surface area contributed by atoms with Gasteiger partial charge in [-0.05, 0) is 70.9 Å². The number of benzene rings is 1. The Kier molecular flexibility index (Phi) is 12.4. The summed E-state index contributed by atoms with van der Waals surface area (Å²) in [4.78, 5) is 2.52. The number of piperidine rings is 1. The summed E-state index contributed by atoms with van der Waals surface area (Å²) >= 11 is 0. The molecule has 1 aromatic carbocycles. The molecule has 0 bridgehead atoms. The number of nitrogens with zero attached hydrogens (tertiary/aromatic N) is 1. The third-order valence-corrected chi connectivity index (χ3v) is 4.27. The van der Waals surface area contributed by atoms with Crippen LogP contribution in [0.15, 0.2) is 18.2 Å². The topological polar surface area (TPSA) is 24.5 Å². The van der Waals surface area contributed by atoms with Crippen LogP contribution >= 0.6 is 24.8 Å². The molecule has 0 atom stereocenters. The van der Waals surface area contributed by atoms with Crippen LogP contribution in [0.5, 0.6) is 5.75 Å². The molecule has 3 nitrogen and oxygen atoms in total. The third-order valence-electron chi connectivity index (χ3n) is 4.27. The number of likely N-dealkylation sites (tertiary alicyclic amines) is 1. The van der Waals surface area contributed by atoms with Gasteiger partial charge in [0.25, 0.3) is 0 Å². The first-order valence-corrected chi connectivity index (χ1v) is 8.16. The van der Waals surface area contributed by atoms with Crippen LogP contribution in [-0.4, -0.2) is 44.2 Å². The maximum atomic E-state index is 13.0. The van der Waals surface area contributed by atoms with Gasteiger partial charge >= 0.3 is 0 Å². The van der Waals surface area contributed by atoms with Crippen molar-refractivity contribution < 1.29 is 13.5 Å². The first-order chi connectivity index (χ1) is 10.7. The van der Waals surface area contributed by atoms with E-state index in [0.29, 0.717) is 18.4 Å². The van der Waals surface area contributed by atoms with Crippen LogP contribution in [-0.2, 0) is 0 Å². The fourth-order valence-electron chi connectivity index (χ4n) is 2.82. The SMILES string of the molecule is CNC1CCN(CCCCCOc2ccc(F)c(F)c2)CC1.Cl.Cl. The predicted octanol–water partition coefficient (Wildman–Crippen LogP) is 4.04. The minimum Gasteiger partial charge on any atom is -0.493 e. The van der Waals surface area contributed by atoms with E-state index in [-0.39, 0.29) is 24.8 Å². The average molecular weight is 385 g/mol. The Balaban J connectivity index is 0.00000264. The smallest absolute Gasteiger partial charge is 0.162 e. The van der Waals surface area contributed by atoms with E-state index in [1.54, 1.807) is 0 Å². The van der Waals surface area contributed by atoms with Gasteiger partial charge in [-0.3, -0.25) is 0 Å². The molecule has 0 saturated carbocycles. The first-order valence-electron chi connectivity index (χ1n) is 8.16. The van der Waals surface area contributed by atoms with Crippen molar-refractivity contribution >= 4 is 24.8 Å². The van der Waals surface area contributed by atoms with E-state index in [9.17, 15) is 8.78 Å². The Morgan fingerprint density at radius 3 is 2.42 bits per heavy atom. The van der Waals surface area contributed by atoms with Gasteiger partial charge in [-0.15, -0.1) is 24.8 Å². The molecule has 0 unspecified atom stereocenters. The summed E-state index contributed by atoms with van der Waals surface area (Å²) in [5, 5.41) is 3.34. The normalized spacial score (nSPS) is 15.5. The lowest BCUT2D eigenvalue weighted by molar-refractivity contribution is 0.196. The molecule has 0 aromatic heterocycles. The number of hydrogen-bond acceptors (Lipinski definition) is 3. The molecule has 0 amide bonds. The fraction of sp³-hybridized carbons (Fsp3) is 0.647. The van der Waals surface area contributed by atoms with Gasteiger partial charge in [-0.2, -0.15) is 0 Å². The summed E-state index contributed by atoms with van der Waals surface area (Å²) in [5.74, 6) is -1.30. The molecule has 0 radical (unpaired) electrons. The lowest BCUT2D eigenvalue weighted by Crippen LogP contribution is -2.41. The zero-order valence-electron chi connectivity index (χ0n) is 14.1. The van der Waals surface area contributed by atoms with E-state index in [0.717, 1.165) is 37.9 Å². The van der Waals surface area contributed by atoms with E-state index >= 15 is 0 Å². The molecule has 140 valence electrons. The highest BCUT2D eigenvalue weighted by molar-refractivity contribution is 5.85. The molecule has 2 rings (SSSR count). The van der Waals surface area contributed by atoms with Crippen LogP contribution in [0.3, 0.4) is 0 Å². The Bertz CT molecular complexity index is 458. The molecule has 1 saturated heterocycles. The molecular formula is C17H28Cl2F2N2O. The number of ether oxygens (including phenoxy) is 1. The molecule has 1 aliphatic heterocycles. The minimum absolute atomic E-state index is 0. The quantitative estimate of drug-likeness (QED) is 0.684. The molecular weight excluding hydrogens is 357 g/mol. The van der Waals surface area contributed by atoms with Crippen LogP contribution in [0, 0.1) is 11.6 Å². The highest BCUT2D eigenvalue weighted by Gasteiger charge is 2.16. The van der Waals surface area contributed by atoms with Crippen LogP contribution in [0.4, 0.5) is 8.78 Å². The van der Waals surface area contributed by atoms with Gasteiger partial charge in [0.05, 0.1) is 6.61 Å². The van der Waals surface area contributed by atoms with Crippen molar-refractivity contribution in [1.29, 1.82) is 0 Å². The molecule has 1 fully saturated rings. The molecule has 1 N–H and O–H groups in total. The van der Waals surface area contributed by atoms with Crippen molar-refractivity contribution in [2.24, 2.45) is 0 Å². The van der Waals surface area contributed by atoms with Gasteiger partial charge in [0.2, 0.25) is 0 Å². The van der Waals surface area contributed by atoms with Crippen LogP contribution in [0.1, 0.15) is 32.1 Å². The number of rotatable bonds is 8. The van der Waals surface area contributed by atoms with Crippen molar-refractivity contribution in [3.05, 3.63) is 29.8 Å². The molecule has 7 heteroatoms. The van der Waals surface area contributed by atoms with Crippen LogP contribution in [0.2, 0.25) is 0 Å². The number of nitrogens with one attached hydrogen (secondary N) is 1.